The molecule has 8 nitrogen and oxygen atoms in total. The van der Waals surface area contributed by atoms with Crippen LogP contribution in [0.25, 0.3) is 5.70 Å². The molecule has 2 aromatic carbocycles. The Bertz CT molecular complexity index is 1410. The number of methoxy groups -OCH3 is 2. The van der Waals surface area contributed by atoms with Gasteiger partial charge in [0.05, 0.1) is 31.4 Å². The molecule has 0 bridgehead atoms. The second-order valence-corrected chi connectivity index (χ2v) is 7.41. The molecule has 2 aliphatic rings. The van der Waals surface area contributed by atoms with Crippen molar-refractivity contribution in [2.24, 2.45) is 7.05 Å². The number of hydrogen-bond acceptors (Lipinski definition) is 6. The van der Waals surface area contributed by atoms with E-state index in [0.29, 0.717) is 39.7 Å². The van der Waals surface area contributed by atoms with Gasteiger partial charge in [0.1, 0.15) is 17.3 Å². The average molecular weight is 417 g/mol. The summed E-state index contributed by atoms with van der Waals surface area (Å²) in [7, 11) is 4.64. The van der Waals surface area contributed by atoms with Gasteiger partial charge in [0.15, 0.2) is 5.78 Å². The first kappa shape index (κ1) is 18.9. The molecular weight excluding hydrogens is 398 g/mol. The molecule has 0 fully saturated rings. The average Bonchev–Trinajstić information content (AvgIpc) is 3.08. The summed E-state index contributed by atoms with van der Waals surface area (Å²) in [6.45, 7) is 0. The summed E-state index contributed by atoms with van der Waals surface area (Å²) in [6, 6.07) is 12.5. The van der Waals surface area contributed by atoms with Crippen LogP contribution in [0.4, 0.5) is 5.82 Å². The lowest BCUT2D eigenvalue weighted by atomic mass is 9.81. The molecule has 0 radical (unpaired) electrons. The first-order chi connectivity index (χ1) is 15.0. The number of aromatic amines is 1. The Morgan fingerprint density at radius 2 is 1.71 bits per heavy atom. The number of carbonyl (C=O) groups excluding carboxylic acids is 1. The number of H-pyrrole nitrogens is 1. The second kappa shape index (κ2) is 6.73. The van der Waals surface area contributed by atoms with Gasteiger partial charge in [-0.1, -0.05) is 24.3 Å². The minimum absolute atomic E-state index is 0.174. The number of ether oxygens (including phenoxy) is 2. The Morgan fingerprint density at radius 3 is 2.42 bits per heavy atom. The van der Waals surface area contributed by atoms with Crippen LogP contribution >= 0.6 is 0 Å². The van der Waals surface area contributed by atoms with Crippen molar-refractivity contribution in [2.75, 3.05) is 19.5 Å². The molecule has 1 unspecified atom stereocenters. The molecule has 3 aromatic rings. The SMILES string of the molecule is COc1ccc(OC)c(C2C3=C(Nc4c2c(=O)[nH]c(=O)n4C)c2ccccc2C3=O)c1. The Morgan fingerprint density at radius 1 is 0.968 bits per heavy atom. The Hall–Kier alpha value is -4.07. The molecule has 2 N–H and O–H groups in total. The van der Waals surface area contributed by atoms with Gasteiger partial charge < -0.3 is 14.8 Å². The number of hydrogen-bond donors (Lipinski definition) is 2. The van der Waals surface area contributed by atoms with E-state index in [4.69, 9.17) is 9.47 Å². The molecular formula is C23H19N3O5. The van der Waals surface area contributed by atoms with Crippen molar-refractivity contribution in [1.29, 1.82) is 0 Å². The number of ketones is 1. The van der Waals surface area contributed by atoms with Gasteiger partial charge in [0, 0.05) is 29.3 Å². The maximum absolute atomic E-state index is 13.5. The highest BCUT2D eigenvalue weighted by molar-refractivity contribution is 6.23. The fraction of sp³-hybridized carbons (Fsp3) is 0.174. The van der Waals surface area contributed by atoms with E-state index in [1.165, 1.54) is 11.7 Å². The van der Waals surface area contributed by atoms with Gasteiger partial charge in [-0.15, -0.1) is 0 Å². The number of nitrogens with one attached hydrogen (secondary N) is 2. The largest absolute Gasteiger partial charge is 0.497 e. The number of anilines is 1. The third-order valence-corrected chi connectivity index (χ3v) is 5.88. The monoisotopic (exact) mass is 417 g/mol. The summed E-state index contributed by atoms with van der Waals surface area (Å²) in [5.74, 6) is 0.468. The number of Topliss-reactive ketones (excluding diaryl/α,β-unsaturated/α-hetero) is 1. The minimum atomic E-state index is -0.758. The second-order valence-electron chi connectivity index (χ2n) is 7.41. The predicted molar refractivity (Wildman–Crippen MR) is 115 cm³/mol. The van der Waals surface area contributed by atoms with Crippen molar-refractivity contribution < 1.29 is 14.3 Å². The third-order valence-electron chi connectivity index (χ3n) is 5.88. The highest BCUT2D eigenvalue weighted by atomic mass is 16.5. The Labute approximate surface area is 176 Å². The molecule has 156 valence electrons. The molecule has 31 heavy (non-hydrogen) atoms. The molecule has 1 aromatic heterocycles. The van der Waals surface area contributed by atoms with Crippen LogP contribution < -0.4 is 26.0 Å². The molecule has 5 rings (SSSR count). The lowest BCUT2D eigenvalue weighted by molar-refractivity contribution is 0.103. The predicted octanol–water partition coefficient (Wildman–Crippen LogP) is 2.26. The number of nitrogens with zero attached hydrogens (tertiary/aromatic N) is 1. The Balaban J connectivity index is 1.90. The van der Waals surface area contributed by atoms with Gasteiger partial charge in [0.2, 0.25) is 0 Å². The summed E-state index contributed by atoms with van der Waals surface area (Å²) in [5.41, 5.74) is 2.06. The molecule has 0 saturated carbocycles. The van der Waals surface area contributed by atoms with Crippen molar-refractivity contribution in [1.82, 2.24) is 9.55 Å². The van der Waals surface area contributed by atoms with E-state index in [0.717, 1.165) is 5.56 Å². The van der Waals surface area contributed by atoms with Crippen LogP contribution in [-0.4, -0.2) is 29.6 Å². The van der Waals surface area contributed by atoms with Gasteiger partial charge in [-0.25, -0.2) is 4.79 Å². The molecule has 0 spiro atoms. The zero-order valence-electron chi connectivity index (χ0n) is 17.1. The van der Waals surface area contributed by atoms with Crippen molar-refractivity contribution >= 4 is 17.3 Å². The number of fused-ring (bicyclic) bond motifs is 3. The van der Waals surface area contributed by atoms with Gasteiger partial charge in [-0.3, -0.25) is 19.1 Å². The highest BCUT2D eigenvalue weighted by Gasteiger charge is 2.43. The van der Waals surface area contributed by atoms with Crippen LogP contribution in [0.1, 0.15) is 33.0 Å². The smallest absolute Gasteiger partial charge is 0.329 e. The van der Waals surface area contributed by atoms with Crippen LogP contribution in [0.15, 0.2) is 57.6 Å². The number of carbonyl (C=O) groups is 1. The van der Waals surface area contributed by atoms with Gasteiger partial charge in [-0.2, -0.15) is 0 Å². The van der Waals surface area contributed by atoms with Gasteiger partial charge >= 0.3 is 5.69 Å². The first-order valence-electron chi connectivity index (χ1n) is 9.66. The molecule has 2 heterocycles. The summed E-state index contributed by atoms with van der Waals surface area (Å²) >= 11 is 0. The highest BCUT2D eigenvalue weighted by Crippen LogP contribution is 2.50. The first-order valence-corrected chi connectivity index (χ1v) is 9.66. The molecule has 0 amide bonds. The zero-order chi connectivity index (χ0) is 21.9. The van der Waals surface area contributed by atoms with E-state index in [1.54, 1.807) is 44.5 Å². The van der Waals surface area contributed by atoms with Gasteiger partial charge in [-0.05, 0) is 18.2 Å². The third kappa shape index (κ3) is 2.58. The van der Waals surface area contributed by atoms with Crippen LogP contribution in [0.3, 0.4) is 0 Å². The van der Waals surface area contributed by atoms with Crippen molar-refractivity contribution in [2.45, 2.75) is 5.92 Å². The summed E-state index contributed by atoms with van der Waals surface area (Å²) in [6.07, 6.45) is 0. The van der Waals surface area contributed by atoms with E-state index < -0.39 is 17.2 Å². The summed E-state index contributed by atoms with van der Waals surface area (Å²) in [4.78, 5) is 41.2. The summed E-state index contributed by atoms with van der Waals surface area (Å²) < 4.78 is 12.3. The standard InChI is InChI=1S/C23H19N3O5/c1-26-21-18(22(28)25-23(26)29)16(14-10-11(30-2)8-9-15(14)31-3)17-19(24-21)12-6-4-5-7-13(12)20(17)27/h4-10,16,24H,1-3H3,(H,25,28,29). The molecule has 1 aliphatic heterocycles. The number of rotatable bonds is 3. The normalized spacial score (nSPS) is 16.4. The lowest BCUT2D eigenvalue weighted by Crippen LogP contribution is -2.37. The molecule has 0 saturated heterocycles. The minimum Gasteiger partial charge on any atom is -0.497 e. The Kier molecular flexibility index (Phi) is 4.11. The zero-order valence-corrected chi connectivity index (χ0v) is 17.1. The topological polar surface area (TPSA) is 102 Å². The maximum Gasteiger partial charge on any atom is 0.329 e. The maximum atomic E-state index is 13.5. The molecule has 1 atom stereocenters. The van der Waals surface area contributed by atoms with Crippen LogP contribution in [0.2, 0.25) is 0 Å². The van der Waals surface area contributed by atoms with Crippen LogP contribution in [-0.2, 0) is 7.05 Å². The lowest BCUT2D eigenvalue weighted by Gasteiger charge is -2.29. The fourth-order valence-corrected chi connectivity index (χ4v) is 4.41. The van der Waals surface area contributed by atoms with Crippen molar-refractivity contribution in [3.05, 3.63) is 91.1 Å². The van der Waals surface area contributed by atoms with E-state index in [1.807, 2.05) is 12.1 Å². The number of allylic oxidation sites excluding steroid dienone is 1. The number of benzene rings is 2. The summed E-state index contributed by atoms with van der Waals surface area (Å²) in [5, 5.41) is 3.19. The van der Waals surface area contributed by atoms with Gasteiger partial charge in [0.25, 0.3) is 5.56 Å². The van der Waals surface area contributed by atoms with E-state index in [9.17, 15) is 14.4 Å². The van der Waals surface area contributed by atoms with E-state index >= 15 is 0 Å². The fourth-order valence-electron chi connectivity index (χ4n) is 4.41. The quantitative estimate of drug-likeness (QED) is 0.678. The van der Waals surface area contributed by atoms with Crippen LogP contribution in [0.5, 0.6) is 11.5 Å². The van der Waals surface area contributed by atoms with E-state index in [2.05, 4.69) is 10.3 Å². The van der Waals surface area contributed by atoms with Crippen molar-refractivity contribution in [3.63, 3.8) is 0 Å². The molecule has 1 aliphatic carbocycles. The number of aromatic nitrogens is 2. The molecule has 8 heteroatoms. The van der Waals surface area contributed by atoms with Crippen molar-refractivity contribution in [3.8, 4) is 11.5 Å². The van der Waals surface area contributed by atoms with E-state index in [-0.39, 0.29) is 11.3 Å². The van der Waals surface area contributed by atoms with Crippen LogP contribution in [0, 0.1) is 0 Å².